The molecule has 0 bridgehead atoms. The van der Waals surface area contributed by atoms with Gasteiger partial charge in [-0.05, 0) is 31.3 Å². The molecule has 3 N–H and O–H groups in total. The van der Waals surface area contributed by atoms with Crippen LogP contribution < -0.4 is 11.1 Å². The lowest BCUT2D eigenvalue weighted by atomic mass is 9.97. The van der Waals surface area contributed by atoms with Crippen LogP contribution in [0.15, 0.2) is 5.38 Å². The highest BCUT2D eigenvalue weighted by atomic mass is 32.1. The van der Waals surface area contributed by atoms with Crippen molar-refractivity contribution in [3.63, 3.8) is 0 Å². The van der Waals surface area contributed by atoms with E-state index < -0.39 is 0 Å². The SMILES string of the molecule is Cc1csc(-c2c(N)nsc2NC2CCCCCCC2)n1. The Kier molecular flexibility index (Phi) is 4.75. The maximum Gasteiger partial charge on any atom is 0.149 e. The molecule has 0 amide bonds. The first kappa shape index (κ1) is 14.8. The molecule has 0 atom stereocenters. The molecule has 1 aliphatic carbocycles. The van der Waals surface area contributed by atoms with E-state index >= 15 is 0 Å². The van der Waals surface area contributed by atoms with Crippen molar-refractivity contribution < 1.29 is 0 Å². The number of aryl methyl sites for hydroxylation is 1. The molecule has 114 valence electrons. The van der Waals surface area contributed by atoms with Gasteiger partial charge < -0.3 is 11.1 Å². The van der Waals surface area contributed by atoms with Crippen molar-refractivity contribution >= 4 is 33.7 Å². The second kappa shape index (κ2) is 6.75. The van der Waals surface area contributed by atoms with Gasteiger partial charge in [0, 0.05) is 17.1 Å². The first-order valence-corrected chi connectivity index (χ1v) is 9.33. The second-order valence-corrected chi connectivity index (χ2v) is 7.38. The molecule has 0 aliphatic heterocycles. The molecular formula is C15H22N4S2. The van der Waals surface area contributed by atoms with Crippen molar-refractivity contribution in [1.82, 2.24) is 9.36 Å². The minimum absolute atomic E-state index is 0.546. The Hall–Kier alpha value is -1.14. The topological polar surface area (TPSA) is 63.8 Å². The number of nitrogens with two attached hydrogens (primary N) is 1. The predicted molar refractivity (Wildman–Crippen MR) is 92.1 cm³/mol. The van der Waals surface area contributed by atoms with Gasteiger partial charge in [-0.3, -0.25) is 0 Å². The molecule has 3 rings (SSSR count). The van der Waals surface area contributed by atoms with Gasteiger partial charge in [0.05, 0.1) is 5.56 Å². The number of anilines is 2. The Morgan fingerprint density at radius 2 is 1.90 bits per heavy atom. The number of hydrogen-bond acceptors (Lipinski definition) is 6. The van der Waals surface area contributed by atoms with Crippen LogP contribution in [0.4, 0.5) is 10.8 Å². The van der Waals surface area contributed by atoms with E-state index in [1.807, 2.05) is 6.92 Å². The zero-order valence-corrected chi connectivity index (χ0v) is 14.0. The van der Waals surface area contributed by atoms with Gasteiger partial charge in [0.15, 0.2) is 0 Å². The number of rotatable bonds is 3. The summed E-state index contributed by atoms with van der Waals surface area (Å²) in [6.45, 7) is 2.01. The monoisotopic (exact) mass is 322 g/mol. The molecule has 0 unspecified atom stereocenters. The molecule has 0 radical (unpaired) electrons. The van der Waals surface area contributed by atoms with Crippen LogP contribution in [0.2, 0.25) is 0 Å². The minimum Gasteiger partial charge on any atom is -0.382 e. The molecule has 21 heavy (non-hydrogen) atoms. The number of nitrogen functional groups attached to an aromatic ring is 1. The first-order valence-electron chi connectivity index (χ1n) is 7.68. The number of thiazole rings is 1. The molecule has 1 saturated carbocycles. The molecule has 4 nitrogen and oxygen atoms in total. The standard InChI is InChI=1S/C15H22N4S2/c1-10-9-20-14(17-10)12-13(16)19-21-15(12)18-11-7-5-3-2-4-6-8-11/h9,11,18H,2-8H2,1H3,(H2,16,19). The van der Waals surface area contributed by atoms with E-state index in [4.69, 9.17) is 5.73 Å². The summed E-state index contributed by atoms with van der Waals surface area (Å²) in [5.74, 6) is 0.600. The number of nitrogens with zero attached hydrogens (tertiary/aromatic N) is 2. The number of hydrogen-bond donors (Lipinski definition) is 2. The fraction of sp³-hybridized carbons (Fsp3) is 0.600. The van der Waals surface area contributed by atoms with E-state index in [0.29, 0.717) is 11.9 Å². The number of nitrogens with one attached hydrogen (secondary N) is 1. The molecule has 1 aliphatic rings. The summed E-state index contributed by atoms with van der Waals surface area (Å²) in [6.07, 6.45) is 9.24. The highest BCUT2D eigenvalue weighted by Crippen LogP contribution is 2.39. The smallest absolute Gasteiger partial charge is 0.149 e. The number of aromatic nitrogens is 2. The van der Waals surface area contributed by atoms with E-state index in [-0.39, 0.29) is 0 Å². The maximum absolute atomic E-state index is 6.07. The summed E-state index contributed by atoms with van der Waals surface area (Å²) < 4.78 is 4.33. The zero-order chi connectivity index (χ0) is 14.7. The fourth-order valence-electron chi connectivity index (χ4n) is 2.86. The quantitative estimate of drug-likeness (QED) is 0.861. The Balaban J connectivity index is 1.79. The van der Waals surface area contributed by atoms with E-state index in [0.717, 1.165) is 21.3 Å². The average molecular weight is 323 g/mol. The Morgan fingerprint density at radius 3 is 2.57 bits per heavy atom. The van der Waals surface area contributed by atoms with Crippen LogP contribution in [-0.4, -0.2) is 15.4 Å². The van der Waals surface area contributed by atoms with Crippen molar-refractivity contribution in [2.24, 2.45) is 0 Å². The van der Waals surface area contributed by atoms with Gasteiger partial charge in [-0.1, -0.05) is 32.1 Å². The second-order valence-electron chi connectivity index (χ2n) is 5.75. The summed E-state index contributed by atoms with van der Waals surface area (Å²) >= 11 is 3.11. The molecule has 2 heterocycles. The van der Waals surface area contributed by atoms with Crippen LogP contribution in [0.3, 0.4) is 0 Å². The van der Waals surface area contributed by atoms with Crippen molar-refractivity contribution in [2.45, 2.75) is 57.9 Å². The lowest BCUT2D eigenvalue weighted by Crippen LogP contribution is -2.20. The van der Waals surface area contributed by atoms with Crippen molar-refractivity contribution in [2.75, 3.05) is 11.1 Å². The summed E-state index contributed by atoms with van der Waals surface area (Å²) in [4.78, 5) is 4.57. The van der Waals surface area contributed by atoms with Crippen LogP contribution in [0.1, 0.15) is 50.6 Å². The highest BCUT2D eigenvalue weighted by Gasteiger charge is 2.19. The third-order valence-corrected chi connectivity index (χ3v) is 5.76. The highest BCUT2D eigenvalue weighted by molar-refractivity contribution is 7.15. The molecule has 1 fully saturated rings. The first-order chi connectivity index (χ1) is 10.2. The van der Waals surface area contributed by atoms with Crippen LogP contribution in [-0.2, 0) is 0 Å². The van der Waals surface area contributed by atoms with Gasteiger partial charge in [0.1, 0.15) is 15.8 Å². The minimum atomic E-state index is 0.546. The molecule has 6 heteroatoms. The van der Waals surface area contributed by atoms with E-state index in [9.17, 15) is 0 Å². The van der Waals surface area contributed by atoms with Gasteiger partial charge in [0.2, 0.25) is 0 Å². The molecule has 2 aromatic heterocycles. The molecule has 0 spiro atoms. The van der Waals surface area contributed by atoms with Gasteiger partial charge >= 0.3 is 0 Å². The van der Waals surface area contributed by atoms with Crippen LogP contribution in [0.5, 0.6) is 0 Å². The van der Waals surface area contributed by atoms with Gasteiger partial charge in [-0.15, -0.1) is 11.3 Å². The summed E-state index contributed by atoms with van der Waals surface area (Å²) in [7, 11) is 0. The van der Waals surface area contributed by atoms with E-state index in [2.05, 4.69) is 20.1 Å². The molecule has 2 aromatic rings. The normalized spacial score (nSPS) is 17.4. The molecule has 0 saturated heterocycles. The van der Waals surface area contributed by atoms with Gasteiger partial charge in [-0.2, -0.15) is 4.37 Å². The average Bonchev–Trinajstić information content (AvgIpc) is 2.99. The zero-order valence-electron chi connectivity index (χ0n) is 12.4. The van der Waals surface area contributed by atoms with E-state index in [1.54, 1.807) is 11.3 Å². The maximum atomic E-state index is 6.07. The van der Waals surface area contributed by atoms with Gasteiger partial charge in [0.25, 0.3) is 0 Å². The Bertz CT molecular complexity index is 582. The summed E-state index contributed by atoms with van der Waals surface area (Å²) in [5, 5.41) is 7.82. The van der Waals surface area contributed by atoms with Crippen LogP contribution in [0, 0.1) is 6.92 Å². The van der Waals surface area contributed by atoms with Crippen molar-refractivity contribution in [3.8, 4) is 10.6 Å². The lowest BCUT2D eigenvalue weighted by Gasteiger charge is -2.21. The molecule has 0 aromatic carbocycles. The predicted octanol–water partition coefficient (Wildman–Crippen LogP) is 4.68. The Morgan fingerprint density at radius 1 is 1.19 bits per heavy atom. The Labute approximate surface area is 134 Å². The van der Waals surface area contributed by atoms with Crippen molar-refractivity contribution in [1.29, 1.82) is 0 Å². The van der Waals surface area contributed by atoms with Crippen LogP contribution in [0.25, 0.3) is 10.6 Å². The third-order valence-electron chi connectivity index (χ3n) is 3.99. The third kappa shape index (κ3) is 3.55. The summed E-state index contributed by atoms with van der Waals surface area (Å²) in [6, 6.07) is 0.546. The largest absolute Gasteiger partial charge is 0.382 e. The van der Waals surface area contributed by atoms with Crippen LogP contribution >= 0.6 is 22.9 Å². The van der Waals surface area contributed by atoms with Gasteiger partial charge in [-0.25, -0.2) is 4.98 Å². The van der Waals surface area contributed by atoms with E-state index in [1.165, 1.54) is 56.5 Å². The molecular weight excluding hydrogens is 300 g/mol. The lowest BCUT2D eigenvalue weighted by molar-refractivity contribution is 0.472. The fourth-order valence-corrected chi connectivity index (χ4v) is 4.58. The van der Waals surface area contributed by atoms with Crippen molar-refractivity contribution in [3.05, 3.63) is 11.1 Å². The summed E-state index contributed by atoms with van der Waals surface area (Å²) in [5.41, 5.74) is 8.11.